The van der Waals surface area contributed by atoms with E-state index in [1.54, 1.807) is 11.3 Å². The SMILES string of the molecule is N#Cc1c(-c2ccccc2)nc(-c2ccccc2)nc1-n1c2ccccc2c2cc3c(cc21)sc1ccccc13. The zero-order valence-corrected chi connectivity index (χ0v) is 22.1. The highest BCUT2D eigenvalue weighted by molar-refractivity contribution is 7.25. The highest BCUT2D eigenvalue weighted by Gasteiger charge is 2.23. The Balaban J connectivity index is 1.53. The number of nitriles is 1. The zero-order valence-electron chi connectivity index (χ0n) is 21.2. The molecule has 0 atom stereocenters. The van der Waals surface area contributed by atoms with Crippen molar-refractivity contribution >= 4 is 53.3 Å². The molecule has 0 aliphatic carbocycles. The molecule has 0 bridgehead atoms. The summed E-state index contributed by atoms with van der Waals surface area (Å²) in [6.07, 6.45) is 0. The molecular formula is C35H20N4S. The largest absolute Gasteiger partial charge is 0.292 e. The van der Waals surface area contributed by atoms with Gasteiger partial charge in [0.2, 0.25) is 0 Å². The summed E-state index contributed by atoms with van der Waals surface area (Å²) in [5.74, 6) is 1.17. The second kappa shape index (κ2) is 8.88. The highest BCUT2D eigenvalue weighted by Crippen LogP contribution is 2.41. The molecule has 0 unspecified atom stereocenters. The molecule has 0 spiro atoms. The number of nitrogens with zero attached hydrogens (tertiary/aromatic N) is 4. The van der Waals surface area contributed by atoms with Crippen molar-refractivity contribution in [3.8, 4) is 34.5 Å². The molecule has 0 aliphatic heterocycles. The average molecular weight is 529 g/mol. The second-order valence-corrected chi connectivity index (χ2v) is 10.8. The van der Waals surface area contributed by atoms with Gasteiger partial charge in [0.15, 0.2) is 11.6 Å². The summed E-state index contributed by atoms with van der Waals surface area (Å²) >= 11 is 1.79. The molecule has 186 valence electrons. The normalized spacial score (nSPS) is 11.5. The van der Waals surface area contributed by atoms with Gasteiger partial charge in [-0.15, -0.1) is 11.3 Å². The van der Waals surface area contributed by atoms with Crippen LogP contribution in [0.3, 0.4) is 0 Å². The topological polar surface area (TPSA) is 54.5 Å². The minimum Gasteiger partial charge on any atom is -0.292 e. The molecule has 8 aromatic rings. The molecule has 0 fully saturated rings. The minimum atomic E-state index is 0.449. The molecule has 3 heterocycles. The number of hydrogen-bond acceptors (Lipinski definition) is 4. The Hall–Kier alpha value is -5.31. The number of hydrogen-bond donors (Lipinski definition) is 0. The number of para-hydroxylation sites is 1. The van der Waals surface area contributed by atoms with Gasteiger partial charge in [-0.2, -0.15) is 5.26 Å². The van der Waals surface area contributed by atoms with Crippen molar-refractivity contribution in [2.45, 2.75) is 0 Å². The van der Waals surface area contributed by atoms with Gasteiger partial charge < -0.3 is 0 Å². The molecule has 40 heavy (non-hydrogen) atoms. The van der Waals surface area contributed by atoms with E-state index in [4.69, 9.17) is 9.97 Å². The molecule has 5 heteroatoms. The van der Waals surface area contributed by atoms with Gasteiger partial charge in [0.1, 0.15) is 11.6 Å². The summed E-state index contributed by atoms with van der Waals surface area (Å²) in [6, 6.07) is 43.8. The Kier molecular flexibility index (Phi) is 5.03. The zero-order chi connectivity index (χ0) is 26.6. The lowest BCUT2D eigenvalue weighted by molar-refractivity contribution is 1.04. The van der Waals surface area contributed by atoms with Gasteiger partial charge in [-0.1, -0.05) is 97.1 Å². The van der Waals surface area contributed by atoms with E-state index in [9.17, 15) is 5.26 Å². The van der Waals surface area contributed by atoms with Gasteiger partial charge in [-0.05, 0) is 24.3 Å². The van der Waals surface area contributed by atoms with Crippen LogP contribution in [0.4, 0.5) is 0 Å². The van der Waals surface area contributed by atoms with Crippen LogP contribution in [0.1, 0.15) is 5.56 Å². The molecule has 0 amide bonds. The minimum absolute atomic E-state index is 0.449. The first-order chi connectivity index (χ1) is 19.8. The summed E-state index contributed by atoms with van der Waals surface area (Å²) < 4.78 is 4.61. The predicted molar refractivity (Wildman–Crippen MR) is 165 cm³/mol. The first-order valence-electron chi connectivity index (χ1n) is 13.1. The first kappa shape index (κ1) is 22.7. The quantitative estimate of drug-likeness (QED) is 0.230. The number of aromatic nitrogens is 3. The number of benzene rings is 5. The molecule has 8 rings (SSSR count). The Morgan fingerprint density at radius 2 is 1.25 bits per heavy atom. The molecule has 3 aromatic heterocycles. The molecule has 0 N–H and O–H groups in total. The summed E-state index contributed by atoms with van der Waals surface area (Å²) in [7, 11) is 0. The third kappa shape index (κ3) is 3.37. The fourth-order valence-corrected chi connectivity index (χ4v) is 6.77. The smallest absolute Gasteiger partial charge is 0.162 e. The Morgan fingerprint density at radius 3 is 2.02 bits per heavy atom. The van der Waals surface area contributed by atoms with Crippen LogP contribution in [0.25, 0.3) is 70.4 Å². The number of fused-ring (bicyclic) bond motifs is 6. The van der Waals surface area contributed by atoms with E-state index in [2.05, 4.69) is 65.2 Å². The number of thiophene rings is 1. The van der Waals surface area contributed by atoms with Gasteiger partial charge in [0, 0.05) is 42.1 Å². The summed E-state index contributed by atoms with van der Waals surface area (Å²) in [5, 5.41) is 15.4. The van der Waals surface area contributed by atoms with E-state index in [1.165, 1.54) is 20.2 Å². The molecule has 5 aromatic carbocycles. The standard InChI is InChI=1S/C35H20N4S/c36-21-28-33(22-11-3-1-4-12-22)37-34(23-13-5-2-6-14-23)38-35(28)39-29-17-9-7-15-24(29)26-19-27-25-16-8-10-18-31(25)40-32(27)20-30(26)39/h1-20H. The van der Waals surface area contributed by atoms with E-state index in [0.717, 1.165) is 32.9 Å². The number of rotatable bonds is 3. The van der Waals surface area contributed by atoms with Crippen molar-refractivity contribution in [2.24, 2.45) is 0 Å². The van der Waals surface area contributed by atoms with Crippen LogP contribution in [0.2, 0.25) is 0 Å². The van der Waals surface area contributed by atoms with Gasteiger partial charge in [0.25, 0.3) is 0 Å². The second-order valence-electron chi connectivity index (χ2n) is 9.75. The maximum atomic E-state index is 10.6. The fourth-order valence-electron chi connectivity index (χ4n) is 5.65. The van der Waals surface area contributed by atoms with Crippen LogP contribution in [-0.4, -0.2) is 14.5 Å². The van der Waals surface area contributed by atoms with E-state index in [1.807, 2.05) is 66.7 Å². The van der Waals surface area contributed by atoms with Crippen LogP contribution in [0.5, 0.6) is 0 Å². The fraction of sp³-hybridized carbons (Fsp3) is 0. The monoisotopic (exact) mass is 528 g/mol. The predicted octanol–water partition coefficient (Wildman–Crippen LogP) is 9.15. The van der Waals surface area contributed by atoms with Gasteiger partial charge >= 0.3 is 0 Å². The van der Waals surface area contributed by atoms with E-state index >= 15 is 0 Å². The van der Waals surface area contributed by atoms with E-state index in [-0.39, 0.29) is 0 Å². The van der Waals surface area contributed by atoms with Gasteiger partial charge in [-0.3, -0.25) is 4.57 Å². The van der Waals surface area contributed by atoms with Crippen molar-refractivity contribution in [3.63, 3.8) is 0 Å². The van der Waals surface area contributed by atoms with E-state index in [0.29, 0.717) is 22.9 Å². The Bertz CT molecular complexity index is 2270. The van der Waals surface area contributed by atoms with Crippen molar-refractivity contribution in [1.82, 2.24) is 14.5 Å². The lowest BCUT2D eigenvalue weighted by Gasteiger charge is -2.14. The lowest BCUT2D eigenvalue weighted by Crippen LogP contribution is -2.07. The third-order valence-electron chi connectivity index (χ3n) is 7.46. The maximum absolute atomic E-state index is 10.6. The van der Waals surface area contributed by atoms with Gasteiger partial charge in [0.05, 0.1) is 16.7 Å². The summed E-state index contributed by atoms with van der Waals surface area (Å²) in [6.45, 7) is 0. The van der Waals surface area contributed by atoms with Crippen LogP contribution in [-0.2, 0) is 0 Å². The maximum Gasteiger partial charge on any atom is 0.162 e. The van der Waals surface area contributed by atoms with Crippen LogP contribution >= 0.6 is 11.3 Å². The third-order valence-corrected chi connectivity index (χ3v) is 8.60. The van der Waals surface area contributed by atoms with Crippen molar-refractivity contribution in [3.05, 3.63) is 127 Å². The van der Waals surface area contributed by atoms with Crippen molar-refractivity contribution in [2.75, 3.05) is 0 Å². The summed E-state index contributed by atoms with van der Waals surface area (Å²) in [5.41, 5.74) is 4.89. The van der Waals surface area contributed by atoms with Crippen LogP contribution < -0.4 is 0 Å². The molecule has 0 aliphatic rings. The Morgan fingerprint density at radius 1 is 0.575 bits per heavy atom. The first-order valence-corrected chi connectivity index (χ1v) is 13.9. The Labute approximate surface area is 234 Å². The average Bonchev–Trinajstić information content (AvgIpc) is 3.55. The molecule has 0 saturated heterocycles. The lowest BCUT2D eigenvalue weighted by atomic mass is 10.1. The van der Waals surface area contributed by atoms with Crippen LogP contribution in [0, 0.1) is 11.3 Å². The summed E-state index contributed by atoms with van der Waals surface area (Å²) in [4.78, 5) is 10.0. The van der Waals surface area contributed by atoms with Gasteiger partial charge in [-0.25, -0.2) is 9.97 Å². The molecule has 4 nitrogen and oxygen atoms in total. The molecule has 0 saturated carbocycles. The van der Waals surface area contributed by atoms with E-state index < -0.39 is 0 Å². The van der Waals surface area contributed by atoms with Crippen molar-refractivity contribution < 1.29 is 0 Å². The van der Waals surface area contributed by atoms with Crippen LogP contribution in [0.15, 0.2) is 121 Å². The van der Waals surface area contributed by atoms with Crippen molar-refractivity contribution in [1.29, 1.82) is 5.26 Å². The molecule has 0 radical (unpaired) electrons. The highest BCUT2D eigenvalue weighted by atomic mass is 32.1. The molecular weight excluding hydrogens is 508 g/mol.